The largest absolute Gasteiger partial charge is 0.446 e. The van der Waals surface area contributed by atoms with E-state index in [1.165, 1.54) is 45.4 Å². The first-order valence-corrected chi connectivity index (χ1v) is 12.1. The number of aldehydes is 1. The second-order valence-corrected chi connectivity index (χ2v) is 8.80. The number of hydrogen-bond acceptors (Lipinski definition) is 5. The normalized spacial score (nSPS) is 14.9. The molecule has 0 saturated carbocycles. The van der Waals surface area contributed by atoms with Gasteiger partial charge >= 0.3 is 5.97 Å². The average Bonchev–Trinajstić information content (AvgIpc) is 2.72. The summed E-state index contributed by atoms with van der Waals surface area (Å²) in [5, 5.41) is 9.74. The Balaban J connectivity index is 4.22. The second kappa shape index (κ2) is 17.9. The lowest BCUT2D eigenvalue weighted by Gasteiger charge is -2.31. The predicted molar refractivity (Wildman–Crippen MR) is 124 cm³/mol. The van der Waals surface area contributed by atoms with E-state index in [4.69, 9.17) is 10.5 Å². The number of ether oxygens (including phenoxy) is 1. The zero-order valence-corrected chi connectivity index (χ0v) is 19.8. The molecule has 0 saturated heterocycles. The van der Waals surface area contributed by atoms with E-state index in [2.05, 4.69) is 13.5 Å². The van der Waals surface area contributed by atoms with Crippen LogP contribution in [0.4, 0.5) is 0 Å². The van der Waals surface area contributed by atoms with Gasteiger partial charge in [0.15, 0.2) is 5.60 Å². The Morgan fingerprint density at radius 1 is 1.00 bits per heavy atom. The first kappa shape index (κ1) is 29.3. The van der Waals surface area contributed by atoms with Crippen LogP contribution in [0.15, 0.2) is 12.7 Å². The lowest BCUT2D eigenvalue weighted by Crippen LogP contribution is -2.49. The first-order valence-electron chi connectivity index (χ1n) is 12.1. The van der Waals surface area contributed by atoms with Gasteiger partial charge in [-0.2, -0.15) is 0 Å². The van der Waals surface area contributed by atoms with Gasteiger partial charge in [-0.3, -0.25) is 4.79 Å². The van der Waals surface area contributed by atoms with E-state index in [-0.39, 0.29) is 18.8 Å². The number of hydrogen-bond donors (Lipinski definition) is 2. The van der Waals surface area contributed by atoms with Gasteiger partial charge < -0.3 is 20.4 Å². The van der Waals surface area contributed by atoms with Gasteiger partial charge in [-0.05, 0) is 32.6 Å². The Kier molecular flexibility index (Phi) is 17.0. The van der Waals surface area contributed by atoms with Gasteiger partial charge in [0.1, 0.15) is 6.29 Å². The van der Waals surface area contributed by atoms with Crippen molar-refractivity contribution in [1.82, 2.24) is 0 Å². The topological polar surface area (TPSA) is 107 Å². The summed E-state index contributed by atoms with van der Waals surface area (Å²) in [4.78, 5) is 35.0. The fourth-order valence-electron chi connectivity index (χ4n) is 3.99. The van der Waals surface area contributed by atoms with Crippen molar-refractivity contribution >= 4 is 18.2 Å². The molecule has 0 aliphatic rings. The molecule has 0 aromatic carbocycles. The summed E-state index contributed by atoms with van der Waals surface area (Å²) in [7, 11) is 0. The van der Waals surface area contributed by atoms with Crippen molar-refractivity contribution in [2.45, 2.75) is 122 Å². The van der Waals surface area contributed by atoms with Crippen LogP contribution in [0.25, 0.3) is 0 Å². The Labute approximate surface area is 189 Å². The van der Waals surface area contributed by atoms with Crippen LogP contribution in [0.3, 0.4) is 0 Å². The monoisotopic (exact) mass is 439 g/mol. The van der Waals surface area contributed by atoms with E-state index < -0.39 is 23.6 Å². The van der Waals surface area contributed by atoms with Gasteiger partial charge in [-0.1, -0.05) is 77.7 Å². The molecule has 0 aliphatic carbocycles. The highest BCUT2D eigenvalue weighted by Gasteiger charge is 2.40. The van der Waals surface area contributed by atoms with Crippen molar-refractivity contribution in [2.24, 2.45) is 11.7 Å². The molecule has 3 unspecified atom stereocenters. The van der Waals surface area contributed by atoms with E-state index in [0.717, 1.165) is 50.9 Å². The highest BCUT2D eigenvalue weighted by molar-refractivity contribution is 5.89. The van der Waals surface area contributed by atoms with Crippen molar-refractivity contribution in [3.8, 4) is 0 Å². The molecule has 3 N–H and O–H groups in total. The molecule has 31 heavy (non-hydrogen) atoms. The maximum absolute atomic E-state index is 12.0. The third-order valence-corrected chi connectivity index (χ3v) is 5.81. The molecule has 0 heterocycles. The number of primary amides is 1. The molecule has 0 radical (unpaired) electrons. The molecule has 0 aromatic heterocycles. The quantitative estimate of drug-likeness (QED) is 0.113. The van der Waals surface area contributed by atoms with Gasteiger partial charge in [-0.25, -0.2) is 4.79 Å². The SMILES string of the molecule is C=CC(=O)OC(CCCCCCC(C=O)CCCCCCCCC)(CC(C)O)C(N)=O. The number of amides is 1. The Hall–Kier alpha value is -1.69. The third kappa shape index (κ3) is 14.1. The highest BCUT2D eigenvalue weighted by atomic mass is 16.6. The zero-order valence-electron chi connectivity index (χ0n) is 19.8. The summed E-state index contributed by atoms with van der Waals surface area (Å²) < 4.78 is 5.27. The van der Waals surface area contributed by atoms with Crippen molar-refractivity contribution in [1.29, 1.82) is 0 Å². The van der Waals surface area contributed by atoms with Crippen LogP contribution in [0.5, 0.6) is 0 Å². The van der Waals surface area contributed by atoms with Crippen molar-refractivity contribution in [2.75, 3.05) is 0 Å². The summed E-state index contributed by atoms with van der Waals surface area (Å²) in [6.45, 7) is 7.10. The summed E-state index contributed by atoms with van der Waals surface area (Å²) in [5.41, 5.74) is 4.00. The van der Waals surface area contributed by atoms with E-state index in [9.17, 15) is 19.5 Å². The molecule has 6 heteroatoms. The number of carbonyl (C=O) groups is 3. The van der Waals surface area contributed by atoms with Gasteiger partial charge in [0.05, 0.1) is 6.10 Å². The van der Waals surface area contributed by atoms with Crippen LogP contribution in [0.1, 0.15) is 110 Å². The number of esters is 1. The van der Waals surface area contributed by atoms with E-state index in [1.54, 1.807) is 0 Å². The second-order valence-electron chi connectivity index (χ2n) is 8.80. The molecule has 0 bridgehead atoms. The minimum Gasteiger partial charge on any atom is -0.446 e. The number of nitrogens with two attached hydrogens (primary N) is 1. The minimum atomic E-state index is -1.51. The average molecular weight is 440 g/mol. The zero-order chi connectivity index (χ0) is 23.5. The van der Waals surface area contributed by atoms with Crippen LogP contribution >= 0.6 is 0 Å². The first-order chi connectivity index (χ1) is 14.8. The van der Waals surface area contributed by atoms with Crippen LogP contribution in [0.2, 0.25) is 0 Å². The van der Waals surface area contributed by atoms with Gasteiger partial charge in [0.25, 0.3) is 5.91 Å². The Morgan fingerprint density at radius 3 is 1.97 bits per heavy atom. The number of rotatable bonds is 21. The summed E-state index contributed by atoms with van der Waals surface area (Å²) in [6.07, 6.45) is 15.5. The molecule has 0 spiro atoms. The lowest BCUT2D eigenvalue weighted by atomic mass is 9.88. The number of aliphatic hydroxyl groups is 1. The molecule has 3 atom stereocenters. The van der Waals surface area contributed by atoms with Gasteiger partial charge in [-0.15, -0.1) is 0 Å². The molecule has 0 fully saturated rings. The molecule has 0 aromatic rings. The Bertz CT molecular complexity index is 520. The van der Waals surface area contributed by atoms with Gasteiger partial charge in [0, 0.05) is 18.4 Å². The van der Waals surface area contributed by atoms with Crippen LogP contribution < -0.4 is 5.73 Å². The van der Waals surface area contributed by atoms with E-state index in [1.807, 2.05) is 0 Å². The molecule has 0 rings (SSSR count). The lowest BCUT2D eigenvalue weighted by molar-refractivity contribution is -0.167. The van der Waals surface area contributed by atoms with E-state index in [0.29, 0.717) is 6.42 Å². The standard InChI is InChI=1S/C25H45NO5/c1-4-6-7-8-9-10-13-16-22(20-27)17-14-11-12-15-18-25(24(26)30,19-21(3)28)31-23(29)5-2/h5,20-22,28H,2,4,6-19H2,1,3H3,(H2,26,30). The number of unbranched alkanes of at least 4 members (excludes halogenated alkanes) is 9. The fraction of sp³-hybridized carbons (Fsp3) is 0.800. The fourth-order valence-corrected chi connectivity index (χ4v) is 3.99. The smallest absolute Gasteiger partial charge is 0.331 e. The van der Waals surface area contributed by atoms with Crippen LogP contribution in [-0.2, 0) is 19.1 Å². The van der Waals surface area contributed by atoms with Crippen molar-refractivity contribution in [3.63, 3.8) is 0 Å². The Morgan fingerprint density at radius 2 is 1.52 bits per heavy atom. The number of aliphatic hydroxyl groups excluding tert-OH is 1. The maximum Gasteiger partial charge on any atom is 0.331 e. The maximum atomic E-state index is 12.0. The molecule has 180 valence electrons. The molecular weight excluding hydrogens is 394 g/mol. The van der Waals surface area contributed by atoms with E-state index >= 15 is 0 Å². The van der Waals surface area contributed by atoms with Crippen molar-refractivity contribution < 1.29 is 24.2 Å². The third-order valence-electron chi connectivity index (χ3n) is 5.81. The molecule has 0 aliphatic heterocycles. The summed E-state index contributed by atoms with van der Waals surface area (Å²) >= 11 is 0. The highest BCUT2D eigenvalue weighted by Crippen LogP contribution is 2.27. The summed E-state index contributed by atoms with van der Waals surface area (Å²) in [6, 6.07) is 0. The van der Waals surface area contributed by atoms with Crippen LogP contribution in [0, 0.1) is 5.92 Å². The predicted octanol–water partition coefficient (Wildman–Crippen LogP) is 5.01. The van der Waals surface area contributed by atoms with Gasteiger partial charge in [0.2, 0.25) is 0 Å². The minimum absolute atomic E-state index is 0.0342. The van der Waals surface area contributed by atoms with Crippen molar-refractivity contribution in [3.05, 3.63) is 12.7 Å². The molecule has 6 nitrogen and oxygen atoms in total. The molecule has 1 amide bonds. The summed E-state index contributed by atoms with van der Waals surface area (Å²) in [5.74, 6) is -1.35. The molecular formula is C25H45NO5. The number of carbonyl (C=O) groups excluding carboxylic acids is 3. The van der Waals surface area contributed by atoms with Crippen LogP contribution in [-0.4, -0.2) is 35.0 Å².